The van der Waals surface area contributed by atoms with Crippen LogP contribution in [0.1, 0.15) is 11.1 Å². The topological polar surface area (TPSA) is 160 Å². The van der Waals surface area contributed by atoms with Crippen LogP contribution in [-0.4, -0.2) is 32.8 Å². The lowest BCUT2D eigenvalue weighted by Gasteiger charge is -2.20. The van der Waals surface area contributed by atoms with E-state index in [1.54, 1.807) is 66.7 Å². The van der Waals surface area contributed by atoms with E-state index in [4.69, 9.17) is 21.0 Å². The predicted octanol–water partition coefficient (Wildman–Crippen LogP) is 3.92. The molecular weight excluding hydrogens is 514 g/mol. The lowest BCUT2D eigenvalue weighted by Crippen LogP contribution is -2.38. The Bertz CT molecular complexity index is 1560. The zero-order valence-electron chi connectivity index (χ0n) is 21.0. The summed E-state index contributed by atoms with van der Waals surface area (Å²) in [6.07, 6.45) is 0. The molecule has 0 radical (unpaired) electrons. The first kappa shape index (κ1) is 27.5. The van der Waals surface area contributed by atoms with Gasteiger partial charge in [0.15, 0.2) is 0 Å². The van der Waals surface area contributed by atoms with Crippen molar-refractivity contribution in [1.29, 1.82) is 5.41 Å². The first-order valence-electron chi connectivity index (χ1n) is 12.1. The fourth-order valence-corrected chi connectivity index (χ4v) is 4.71. The van der Waals surface area contributed by atoms with Crippen molar-refractivity contribution in [3.63, 3.8) is 0 Å². The summed E-state index contributed by atoms with van der Waals surface area (Å²) < 4.78 is 29.8. The molecule has 4 rings (SSSR count). The van der Waals surface area contributed by atoms with Crippen molar-refractivity contribution in [2.45, 2.75) is 17.5 Å². The monoisotopic (exact) mass is 543 g/mol. The van der Waals surface area contributed by atoms with Gasteiger partial charge < -0.3 is 21.1 Å². The minimum atomic E-state index is -3.90. The largest absolute Gasteiger partial charge is 0.384 e. The molecule has 0 bridgehead atoms. The van der Waals surface area contributed by atoms with E-state index in [-0.39, 0.29) is 23.2 Å². The molecule has 0 saturated heterocycles. The maximum atomic E-state index is 13.3. The number of benzene rings is 4. The van der Waals surface area contributed by atoms with E-state index in [2.05, 4.69) is 10.6 Å². The second kappa shape index (κ2) is 12.4. The fraction of sp³-hybridized carbons (Fsp3) is 0.103. The highest BCUT2D eigenvalue weighted by molar-refractivity contribution is 7.89. The zero-order chi connectivity index (χ0) is 27.8. The average Bonchev–Trinajstić information content (AvgIpc) is 2.93. The number of amidine groups is 1. The lowest BCUT2D eigenvalue weighted by molar-refractivity contribution is -0.118. The second-order valence-corrected chi connectivity index (χ2v) is 10.3. The molecule has 0 aliphatic rings. The molecule has 4 aromatic rings. The standard InChI is InChI=1S/C29H29N5O4S/c30-28(31)22-9-6-10-24(17-22)33-26(19-38-18-20-7-2-1-3-8-20)29(35)34-23-15-13-21(14-16-23)25-11-4-5-12-27(25)39(32,36)37/h1-17,26,33H,18-19H2,(H3,30,31)(H,34,35)(H2,32,36,37)/t26-/m0/s1. The highest BCUT2D eigenvalue weighted by atomic mass is 32.2. The third kappa shape index (κ3) is 7.51. The summed E-state index contributed by atoms with van der Waals surface area (Å²) in [5.41, 5.74) is 9.36. The second-order valence-electron chi connectivity index (χ2n) is 8.80. The van der Waals surface area contributed by atoms with Crippen LogP contribution in [0.4, 0.5) is 11.4 Å². The molecular formula is C29H29N5O4S. The van der Waals surface area contributed by atoms with Gasteiger partial charge in [-0.2, -0.15) is 0 Å². The van der Waals surface area contributed by atoms with Gasteiger partial charge in [-0.05, 0) is 41.5 Å². The molecule has 0 fully saturated rings. The Morgan fingerprint density at radius 2 is 1.56 bits per heavy atom. The van der Waals surface area contributed by atoms with Gasteiger partial charge in [0.25, 0.3) is 0 Å². The summed E-state index contributed by atoms with van der Waals surface area (Å²) in [6, 6.07) is 29.1. The summed E-state index contributed by atoms with van der Waals surface area (Å²) in [5, 5.41) is 19.1. The Kier molecular flexibility index (Phi) is 8.72. The van der Waals surface area contributed by atoms with Gasteiger partial charge in [-0.1, -0.05) is 72.8 Å². The predicted molar refractivity (Wildman–Crippen MR) is 153 cm³/mol. The van der Waals surface area contributed by atoms with Crippen LogP contribution in [0, 0.1) is 5.41 Å². The maximum absolute atomic E-state index is 13.3. The number of nitrogens with two attached hydrogens (primary N) is 2. The smallest absolute Gasteiger partial charge is 0.249 e. The number of nitrogens with one attached hydrogen (secondary N) is 3. The van der Waals surface area contributed by atoms with Crippen molar-refractivity contribution in [2.75, 3.05) is 17.2 Å². The highest BCUT2D eigenvalue weighted by Crippen LogP contribution is 2.27. The molecule has 39 heavy (non-hydrogen) atoms. The van der Waals surface area contributed by atoms with Gasteiger partial charge in [0.2, 0.25) is 15.9 Å². The van der Waals surface area contributed by atoms with Gasteiger partial charge in [-0.25, -0.2) is 13.6 Å². The Morgan fingerprint density at radius 3 is 2.26 bits per heavy atom. The molecule has 0 aromatic heterocycles. The summed E-state index contributed by atoms with van der Waals surface area (Å²) >= 11 is 0. The molecule has 0 aliphatic heterocycles. The van der Waals surface area contributed by atoms with E-state index in [1.807, 2.05) is 30.3 Å². The number of hydrogen-bond donors (Lipinski definition) is 5. The van der Waals surface area contributed by atoms with Gasteiger partial charge in [0.1, 0.15) is 11.9 Å². The van der Waals surface area contributed by atoms with Crippen LogP contribution in [0.2, 0.25) is 0 Å². The van der Waals surface area contributed by atoms with E-state index in [9.17, 15) is 13.2 Å². The molecule has 10 heteroatoms. The summed E-state index contributed by atoms with van der Waals surface area (Å²) in [4.78, 5) is 13.3. The van der Waals surface area contributed by atoms with Crippen LogP contribution in [0.25, 0.3) is 11.1 Å². The van der Waals surface area contributed by atoms with E-state index in [0.717, 1.165) is 5.56 Å². The van der Waals surface area contributed by atoms with Crippen molar-refractivity contribution < 1.29 is 17.9 Å². The third-order valence-electron chi connectivity index (χ3n) is 5.88. The molecule has 4 aromatic carbocycles. The Balaban J connectivity index is 1.50. The van der Waals surface area contributed by atoms with Crippen LogP contribution in [0.5, 0.6) is 0 Å². The van der Waals surface area contributed by atoms with Crippen LogP contribution in [0.15, 0.2) is 108 Å². The van der Waals surface area contributed by atoms with E-state index < -0.39 is 16.1 Å². The highest BCUT2D eigenvalue weighted by Gasteiger charge is 2.20. The normalized spacial score (nSPS) is 11.9. The quantitative estimate of drug-likeness (QED) is 0.142. The molecule has 0 saturated carbocycles. The van der Waals surface area contributed by atoms with Crippen LogP contribution < -0.4 is 21.5 Å². The van der Waals surface area contributed by atoms with Crippen molar-refractivity contribution in [3.8, 4) is 11.1 Å². The molecule has 0 heterocycles. The number of amides is 1. The van der Waals surface area contributed by atoms with Crippen LogP contribution >= 0.6 is 0 Å². The molecule has 0 unspecified atom stereocenters. The summed E-state index contributed by atoms with van der Waals surface area (Å²) in [5.74, 6) is -0.418. The van der Waals surface area contributed by atoms with E-state index in [1.165, 1.54) is 6.07 Å². The molecule has 1 atom stereocenters. The Hall–Kier alpha value is -4.51. The number of anilines is 2. The van der Waals surface area contributed by atoms with E-state index >= 15 is 0 Å². The number of hydrogen-bond acceptors (Lipinski definition) is 6. The SMILES string of the molecule is N=C(N)c1cccc(N[C@@H](COCc2ccccc2)C(=O)Nc2ccc(-c3ccccc3S(N)(=O)=O)cc2)c1. The number of rotatable bonds is 11. The van der Waals surface area contributed by atoms with Crippen LogP contribution in [-0.2, 0) is 26.2 Å². The number of ether oxygens (including phenoxy) is 1. The van der Waals surface area contributed by atoms with Gasteiger partial charge >= 0.3 is 0 Å². The molecule has 0 aliphatic carbocycles. The number of primary sulfonamides is 1. The average molecular weight is 544 g/mol. The molecule has 0 spiro atoms. The van der Waals surface area contributed by atoms with Gasteiger partial charge in [0.05, 0.1) is 18.1 Å². The van der Waals surface area contributed by atoms with Crippen molar-refractivity contribution in [1.82, 2.24) is 0 Å². The number of carbonyl (C=O) groups is 1. The van der Waals surface area contributed by atoms with Crippen LogP contribution in [0.3, 0.4) is 0 Å². The molecule has 200 valence electrons. The lowest BCUT2D eigenvalue weighted by atomic mass is 10.1. The Morgan fingerprint density at radius 1 is 0.872 bits per heavy atom. The molecule has 7 N–H and O–H groups in total. The van der Waals surface area contributed by atoms with Crippen molar-refractivity contribution >= 4 is 33.1 Å². The Labute approximate surface area is 227 Å². The zero-order valence-corrected chi connectivity index (χ0v) is 21.8. The number of carbonyl (C=O) groups excluding carboxylic acids is 1. The van der Waals surface area contributed by atoms with Crippen molar-refractivity contribution in [2.24, 2.45) is 10.9 Å². The van der Waals surface area contributed by atoms with Crippen molar-refractivity contribution in [3.05, 3.63) is 114 Å². The number of sulfonamides is 1. The summed E-state index contributed by atoms with van der Waals surface area (Å²) in [6.45, 7) is 0.406. The number of nitrogen functional groups attached to an aromatic ring is 1. The van der Waals surface area contributed by atoms with Gasteiger partial charge in [0, 0.05) is 22.5 Å². The summed E-state index contributed by atoms with van der Waals surface area (Å²) in [7, 11) is -3.90. The minimum Gasteiger partial charge on any atom is -0.384 e. The fourth-order valence-electron chi connectivity index (χ4n) is 3.95. The van der Waals surface area contributed by atoms with E-state index in [0.29, 0.717) is 34.7 Å². The minimum absolute atomic E-state index is 0.0226. The van der Waals surface area contributed by atoms with Gasteiger partial charge in [-0.3, -0.25) is 10.2 Å². The van der Waals surface area contributed by atoms with Gasteiger partial charge in [-0.15, -0.1) is 0 Å². The first-order chi connectivity index (χ1) is 18.7. The maximum Gasteiger partial charge on any atom is 0.249 e. The first-order valence-corrected chi connectivity index (χ1v) is 13.6. The third-order valence-corrected chi connectivity index (χ3v) is 6.85. The molecule has 1 amide bonds. The molecule has 9 nitrogen and oxygen atoms in total.